The Hall–Kier alpha value is -3.77. The number of anilines is 2. The van der Waals surface area contributed by atoms with Gasteiger partial charge in [0, 0.05) is 37.4 Å². The molecule has 0 spiro atoms. The van der Waals surface area contributed by atoms with E-state index in [0.717, 1.165) is 16.5 Å². The molecule has 5 rings (SSSR count). The van der Waals surface area contributed by atoms with Gasteiger partial charge in [-0.05, 0) is 47.2 Å². The fourth-order valence-electron chi connectivity index (χ4n) is 4.17. The molecule has 1 aromatic heterocycles. The lowest BCUT2D eigenvalue weighted by Crippen LogP contribution is -2.48. The summed E-state index contributed by atoms with van der Waals surface area (Å²) in [5, 5.41) is 5.43. The number of halogens is 1. The van der Waals surface area contributed by atoms with E-state index in [1.165, 1.54) is 6.26 Å². The van der Waals surface area contributed by atoms with Gasteiger partial charge in [-0.3, -0.25) is 9.59 Å². The predicted molar refractivity (Wildman–Crippen MR) is 130 cm³/mol. The number of benzene rings is 3. The topological polar surface area (TPSA) is 65.8 Å². The number of piperazine rings is 1. The van der Waals surface area contributed by atoms with E-state index in [2.05, 4.69) is 10.2 Å². The van der Waals surface area contributed by atoms with Crippen molar-refractivity contribution in [1.29, 1.82) is 0 Å². The Labute approximate surface area is 196 Å². The zero-order valence-corrected chi connectivity index (χ0v) is 18.6. The number of nitrogens with zero attached hydrogens (tertiary/aromatic N) is 2. The first-order valence-corrected chi connectivity index (χ1v) is 11.1. The predicted octanol–water partition coefficient (Wildman–Crippen LogP) is 5.30. The van der Waals surface area contributed by atoms with Crippen molar-refractivity contribution in [3.63, 3.8) is 0 Å². The van der Waals surface area contributed by atoms with Crippen molar-refractivity contribution >= 4 is 45.6 Å². The molecule has 33 heavy (non-hydrogen) atoms. The average Bonchev–Trinajstić information content (AvgIpc) is 3.38. The van der Waals surface area contributed by atoms with E-state index in [9.17, 15) is 9.59 Å². The summed E-state index contributed by atoms with van der Waals surface area (Å²) >= 11 is 6.58. The van der Waals surface area contributed by atoms with Crippen molar-refractivity contribution in [2.24, 2.45) is 0 Å². The van der Waals surface area contributed by atoms with Crippen molar-refractivity contribution < 1.29 is 14.0 Å². The second-order valence-corrected chi connectivity index (χ2v) is 8.31. The second kappa shape index (κ2) is 9.00. The van der Waals surface area contributed by atoms with Gasteiger partial charge >= 0.3 is 0 Å². The van der Waals surface area contributed by atoms with E-state index in [0.29, 0.717) is 48.2 Å². The molecule has 0 bridgehead atoms. The van der Waals surface area contributed by atoms with Crippen LogP contribution in [0, 0.1) is 0 Å². The molecule has 2 amide bonds. The first-order valence-electron chi connectivity index (χ1n) is 10.8. The molecule has 4 aromatic rings. The SMILES string of the molecule is O=C(Nc1ccc(N2CCN(C(=O)c3ccco3)CC2)c(Cl)c1)c1cccc2ccccc12. The number of amides is 2. The number of fused-ring (bicyclic) bond motifs is 1. The molecular formula is C26H22ClN3O3. The third kappa shape index (κ3) is 4.30. The van der Waals surface area contributed by atoms with E-state index in [1.807, 2.05) is 54.6 Å². The maximum Gasteiger partial charge on any atom is 0.289 e. The van der Waals surface area contributed by atoms with Crippen molar-refractivity contribution in [3.8, 4) is 0 Å². The molecule has 0 unspecified atom stereocenters. The van der Waals surface area contributed by atoms with Gasteiger partial charge in [-0.15, -0.1) is 0 Å². The molecule has 1 saturated heterocycles. The molecule has 1 fully saturated rings. The summed E-state index contributed by atoms with van der Waals surface area (Å²) in [4.78, 5) is 29.3. The van der Waals surface area contributed by atoms with Crippen LogP contribution < -0.4 is 10.2 Å². The highest BCUT2D eigenvalue weighted by Gasteiger charge is 2.24. The van der Waals surface area contributed by atoms with Crippen LogP contribution in [0.2, 0.25) is 5.02 Å². The third-order valence-corrected chi connectivity index (χ3v) is 6.18. The van der Waals surface area contributed by atoms with E-state index < -0.39 is 0 Å². The lowest BCUT2D eigenvalue weighted by molar-refractivity contribution is 0.0714. The monoisotopic (exact) mass is 459 g/mol. The Morgan fingerprint density at radius 3 is 2.42 bits per heavy atom. The van der Waals surface area contributed by atoms with Crippen LogP contribution in [0.15, 0.2) is 83.5 Å². The van der Waals surface area contributed by atoms with Crippen LogP contribution in [-0.4, -0.2) is 42.9 Å². The molecule has 1 aliphatic rings. The van der Waals surface area contributed by atoms with Crippen molar-refractivity contribution in [2.75, 3.05) is 36.4 Å². The molecule has 166 valence electrons. The molecule has 2 heterocycles. The van der Waals surface area contributed by atoms with Crippen LogP contribution in [0.5, 0.6) is 0 Å². The number of nitrogens with one attached hydrogen (secondary N) is 1. The number of rotatable bonds is 4. The second-order valence-electron chi connectivity index (χ2n) is 7.90. The molecule has 6 nitrogen and oxygen atoms in total. The van der Waals surface area contributed by atoms with Crippen molar-refractivity contribution in [2.45, 2.75) is 0 Å². The summed E-state index contributed by atoms with van der Waals surface area (Å²) in [5.41, 5.74) is 2.13. The van der Waals surface area contributed by atoms with Crippen LogP contribution >= 0.6 is 11.6 Å². The Balaban J connectivity index is 1.26. The number of carbonyl (C=O) groups is 2. The van der Waals surface area contributed by atoms with Gasteiger partial charge in [0.15, 0.2) is 5.76 Å². The summed E-state index contributed by atoms with van der Waals surface area (Å²) in [5.74, 6) is 0.0747. The summed E-state index contributed by atoms with van der Waals surface area (Å²) in [6, 6.07) is 22.4. The number of hydrogen-bond donors (Lipinski definition) is 1. The van der Waals surface area contributed by atoms with Gasteiger partial charge in [-0.1, -0.05) is 48.0 Å². The minimum absolute atomic E-state index is 0.0998. The summed E-state index contributed by atoms with van der Waals surface area (Å²) in [6.45, 7) is 2.48. The zero-order valence-electron chi connectivity index (χ0n) is 17.8. The van der Waals surface area contributed by atoms with Gasteiger partial charge in [-0.25, -0.2) is 0 Å². The fourth-order valence-corrected chi connectivity index (χ4v) is 4.47. The Morgan fingerprint density at radius 1 is 0.879 bits per heavy atom. The largest absolute Gasteiger partial charge is 0.459 e. The molecule has 1 aliphatic heterocycles. The first kappa shape index (κ1) is 21.1. The summed E-state index contributed by atoms with van der Waals surface area (Å²) in [7, 11) is 0. The standard InChI is InChI=1S/C26H22ClN3O3/c27-22-17-19(28-25(31)21-8-3-6-18-5-1-2-7-20(18)21)10-11-23(22)29-12-14-30(15-13-29)26(32)24-9-4-16-33-24/h1-11,16-17H,12-15H2,(H,28,31). The quantitative estimate of drug-likeness (QED) is 0.449. The van der Waals surface area contributed by atoms with Gasteiger partial charge in [0.05, 0.1) is 17.0 Å². The van der Waals surface area contributed by atoms with E-state index >= 15 is 0 Å². The third-order valence-electron chi connectivity index (χ3n) is 5.88. The molecule has 0 radical (unpaired) electrons. The molecule has 3 aromatic carbocycles. The maximum atomic E-state index is 12.9. The molecule has 0 atom stereocenters. The number of furan rings is 1. The van der Waals surface area contributed by atoms with Gasteiger partial charge in [-0.2, -0.15) is 0 Å². The minimum Gasteiger partial charge on any atom is -0.459 e. The van der Waals surface area contributed by atoms with E-state index in [1.54, 1.807) is 23.1 Å². The highest BCUT2D eigenvalue weighted by Crippen LogP contribution is 2.30. The van der Waals surface area contributed by atoms with Gasteiger partial charge < -0.3 is 19.5 Å². The maximum absolute atomic E-state index is 12.9. The van der Waals surface area contributed by atoms with Crippen molar-refractivity contribution in [3.05, 3.63) is 95.4 Å². The van der Waals surface area contributed by atoms with Crippen LogP contribution in [0.25, 0.3) is 10.8 Å². The summed E-state index contributed by atoms with van der Waals surface area (Å²) < 4.78 is 5.22. The molecule has 1 N–H and O–H groups in total. The lowest BCUT2D eigenvalue weighted by atomic mass is 10.0. The lowest BCUT2D eigenvalue weighted by Gasteiger charge is -2.36. The highest BCUT2D eigenvalue weighted by atomic mass is 35.5. The fraction of sp³-hybridized carbons (Fsp3) is 0.154. The Kier molecular flexibility index (Phi) is 5.75. The normalized spacial score (nSPS) is 13.8. The smallest absolute Gasteiger partial charge is 0.289 e. The minimum atomic E-state index is -0.180. The van der Waals surface area contributed by atoms with Crippen LogP contribution in [0.3, 0.4) is 0 Å². The van der Waals surface area contributed by atoms with Crippen LogP contribution in [0.4, 0.5) is 11.4 Å². The average molecular weight is 460 g/mol. The molecular weight excluding hydrogens is 438 g/mol. The molecule has 7 heteroatoms. The van der Waals surface area contributed by atoms with Gasteiger partial charge in [0.25, 0.3) is 11.8 Å². The first-order chi connectivity index (χ1) is 16.1. The molecule has 0 aliphatic carbocycles. The molecule has 0 saturated carbocycles. The Bertz CT molecular complexity index is 1310. The van der Waals surface area contributed by atoms with Gasteiger partial charge in [0.1, 0.15) is 0 Å². The van der Waals surface area contributed by atoms with Gasteiger partial charge in [0.2, 0.25) is 0 Å². The Morgan fingerprint density at radius 2 is 1.67 bits per heavy atom. The van der Waals surface area contributed by atoms with E-state index in [-0.39, 0.29) is 11.8 Å². The zero-order chi connectivity index (χ0) is 22.8. The van der Waals surface area contributed by atoms with E-state index in [4.69, 9.17) is 16.0 Å². The highest BCUT2D eigenvalue weighted by molar-refractivity contribution is 6.33. The number of hydrogen-bond acceptors (Lipinski definition) is 4. The van der Waals surface area contributed by atoms with Crippen molar-refractivity contribution in [1.82, 2.24) is 4.90 Å². The summed E-state index contributed by atoms with van der Waals surface area (Å²) in [6.07, 6.45) is 1.50. The van der Waals surface area contributed by atoms with Crippen LogP contribution in [0.1, 0.15) is 20.9 Å². The number of carbonyl (C=O) groups excluding carboxylic acids is 2. The van der Waals surface area contributed by atoms with Crippen LogP contribution in [-0.2, 0) is 0 Å².